The maximum Gasteiger partial charge on any atom is 0.234 e. The minimum absolute atomic E-state index is 0.0921. The summed E-state index contributed by atoms with van der Waals surface area (Å²) in [6.07, 6.45) is 1.11. The molecule has 26 heavy (non-hydrogen) atoms. The van der Waals surface area contributed by atoms with Crippen LogP contribution in [0.1, 0.15) is 29.7 Å². The van der Waals surface area contributed by atoms with E-state index >= 15 is 0 Å². The first-order valence-electron chi connectivity index (χ1n) is 8.37. The molecule has 140 valence electrons. The molecule has 0 unspecified atom stereocenters. The average Bonchev–Trinajstić information content (AvgIpc) is 2.57. The van der Waals surface area contributed by atoms with E-state index in [1.807, 2.05) is 44.2 Å². The molecule has 0 fully saturated rings. The molecule has 0 spiro atoms. The second kappa shape index (κ2) is 8.82. The van der Waals surface area contributed by atoms with E-state index < -0.39 is 10.0 Å². The Labute approximate surface area is 155 Å². The van der Waals surface area contributed by atoms with E-state index in [2.05, 4.69) is 15.4 Å². The summed E-state index contributed by atoms with van der Waals surface area (Å²) in [4.78, 5) is 12.1. The molecule has 0 aliphatic carbocycles. The number of benzene rings is 2. The zero-order valence-electron chi connectivity index (χ0n) is 15.2. The van der Waals surface area contributed by atoms with Crippen molar-refractivity contribution >= 4 is 21.6 Å². The molecule has 0 aromatic heterocycles. The maximum absolute atomic E-state index is 12.1. The number of rotatable bonds is 8. The van der Waals surface area contributed by atoms with Crippen molar-refractivity contribution in [1.82, 2.24) is 10.6 Å². The third-order valence-corrected chi connectivity index (χ3v) is 4.60. The second-order valence-corrected chi connectivity index (χ2v) is 8.05. The van der Waals surface area contributed by atoms with Crippen molar-refractivity contribution in [3.8, 4) is 0 Å². The van der Waals surface area contributed by atoms with E-state index in [0.29, 0.717) is 12.2 Å². The average molecular weight is 375 g/mol. The van der Waals surface area contributed by atoms with Crippen LogP contribution in [0.15, 0.2) is 48.5 Å². The van der Waals surface area contributed by atoms with Crippen molar-refractivity contribution in [1.29, 1.82) is 0 Å². The molecule has 0 radical (unpaired) electrons. The van der Waals surface area contributed by atoms with E-state index in [9.17, 15) is 13.2 Å². The molecule has 6 nitrogen and oxygen atoms in total. The molecule has 0 aliphatic rings. The van der Waals surface area contributed by atoms with E-state index in [1.165, 1.54) is 0 Å². The minimum Gasteiger partial charge on any atom is -0.351 e. The van der Waals surface area contributed by atoms with Gasteiger partial charge in [0, 0.05) is 18.3 Å². The van der Waals surface area contributed by atoms with Crippen LogP contribution >= 0.6 is 0 Å². The van der Waals surface area contributed by atoms with E-state index in [1.54, 1.807) is 18.2 Å². The summed E-state index contributed by atoms with van der Waals surface area (Å²) in [6, 6.07) is 14.9. The number of carbonyl (C=O) groups excluding carboxylic acids is 1. The van der Waals surface area contributed by atoms with Gasteiger partial charge in [0.25, 0.3) is 0 Å². The Morgan fingerprint density at radius 2 is 1.85 bits per heavy atom. The van der Waals surface area contributed by atoms with Crippen LogP contribution in [0.2, 0.25) is 0 Å². The van der Waals surface area contributed by atoms with Crippen LogP contribution in [-0.4, -0.2) is 27.1 Å². The normalized spacial score (nSPS) is 12.4. The molecule has 0 bridgehead atoms. The highest BCUT2D eigenvalue weighted by Gasteiger charge is 2.10. The summed E-state index contributed by atoms with van der Waals surface area (Å²) in [6.45, 7) is 4.61. The van der Waals surface area contributed by atoms with Gasteiger partial charge in [-0.15, -0.1) is 0 Å². The Morgan fingerprint density at radius 3 is 2.54 bits per heavy atom. The molecule has 1 atom stereocenters. The molecular weight excluding hydrogens is 350 g/mol. The molecule has 2 aromatic carbocycles. The molecule has 0 heterocycles. The van der Waals surface area contributed by atoms with E-state index in [-0.39, 0.29) is 18.5 Å². The third-order valence-electron chi connectivity index (χ3n) is 4.00. The van der Waals surface area contributed by atoms with Gasteiger partial charge in [0.15, 0.2) is 0 Å². The summed E-state index contributed by atoms with van der Waals surface area (Å²) in [7, 11) is -3.32. The van der Waals surface area contributed by atoms with Crippen molar-refractivity contribution in [2.24, 2.45) is 0 Å². The number of sulfonamides is 1. The topological polar surface area (TPSA) is 87.3 Å². The predicted molar refractivity (Wildman–Crippen MR) is 104 cm³/mol. The lowest BCUT2D eigenvalue weighted by Crippen LogP contribution is -2.34. The Kier molecular flexibility index (Phi) is 6.76. The highest BCUT2D eigenvalue weighted by atomic mass is 32.2. The Hall–Kier alpha value is -2.38. The van der Waals surface area contributed by atoms with Crippen LogP contribution in [0.4, 0.5) is 5.69 Å². The van der Waals surface area contributed by atoms with E-state index in [4.69, 9.17) is 0 Å². The SMILES string of the molecule is Cc1ccccc1CNC(=O)CN[C@H](C)c1cccc(NS(C)(=O)=O)c1. The molecular formula is C19H25N3O3S. The molecule has 3 N–H and O–H groups in total. The standard InChI is InChI=1S/C19H25N3O3S/c1-14-7-4-5-8-17(14)12-21-19(23)13-20-15(2)16-9-6-10-18(11-16)22-26(3,24)25/h4-11,15,20,22H,12-13H2,1-3H3,(H,21,23)/t15-/m1/s1. The zero-order chi connectivity index (χ0) is 19.2. The highest BCUT2D eigenvalue weighted by Crippen LogP contribution is 2.18. The number of amides is 1. The van der Waals surface area contributed by atoms with Crippen LogP contribution in [-0.2, 0) is 21.4 Å². The Morgan fingerprint density at radius 1 is 1.12 bits per heavy atom. The quantitative estimate of drug-likeness (QED) is 0.661. The summed E-state index contributed by atoms with van der Waals surface area (Å²) < 4.78 is 25.1. The highest BCUT2D eigenvalue weighted by molar-refractivity contribution is 7.92. The third kappa shape index (κ3) is 6.50. The number of nitrogens with one attached hydrogen (secondary N) is 3. The van der Waals surface area contributed by atoms with Crippen LogP contribution in [0.3, 0.4) is 0 Å². The van der Waals surface area contributed by atoms with Gasteiger partial charge in [0.2, 0.25) is 15.9 Å². The summed E-state index contributed by atoms with van der Waals surface area (Å²) in [5, 5.41) is 6.05. The Bertz CT molecular complexity index is 866. The minimum atomic E-state index is -3.32. The van der Waals surface area contributed by atoms with Gasteiger partial charge in [-0.05, 0) is 42.7 Å². The largest absolute Gasteiger partial charge is 0.351 e. The molecule has 1 amide bonds. The Balaban J connectivity index is 1.86. The molecule has 2 aromatic rings. The lowest BCUT2D eigenvalue weighted by atomic mass is 10.1. The summed E-state index contributed by atoms with van der Waals surface area (Å²) in [5.74, 6) is -0.0921. The van der Waals surface area contributed by atoms with Gasteiger partial charge in [-0.3, -0.25) is 9.52 Å². The fourth-order valence-corrected chi connectivity index (χ4v) is 3.07. The number of anilines is 1. The van der Waals surface area contributed by atoms with Crippen molar-refractivity contribution in [2.75, 3.05) is 17.5 Å². The van der Waals surface area contributed by atoms with Crippen LogP contribution < -0.4 is 15.4 Å². The smallest absolute Gasteiger partial charge is 0.234 e. The van der Waals surface area contributed by atoms with Crippen molar-refractivity contribution in [3.63, 3.8) is 0 Å². The van der Waals surface area contributed by atoms with Gasteiger partial charge >= 0.3 is 0 Å². The number of aryl methyl sites for hydroxylation is 1. The van der Waals surface area contributed by atoms with Crippen molar-refractivity contribution in [3.05, 3.63) is 65.2 Å². The van der Waals surface area contributed by atoms with Gasteiger partial charge < -0.3 is 10.6 Å². The molecule has 0 saturated heterocycles. The van der Waals surface area contributed by atoms with E-state index in [0.717, 1.165) is 22.9 Å². The first kappa shape index (κ1) is 19.9. The van der Waals surface area contributed by atoms with Crippen LogP contribution in [0.5, 0.6) is 0 Å². The zero-order valence-corrected chi connectivity index (χ0v) is 16.1. The molecule has 0 saturated carbocycles. The van der Waals surface area contributed by atoms with Gasteiger partial charge in [0.1, 0.15) is 0 Å². The van der Waals surface area contributed by atoms with Crippen molar-refractivity contribution < 1.29 is 13.2 Å². The number of hydrogen-bond acceptors (Lipinski definition) is 4. The first-order chi connectivity index (χ1) is 12.2. The summed E-state index contributed by atoms with van der Waals surface area (Å²) >= 11 is 0. The van der Waals surface area contributed by atoms with Crippen LogP contribution in [0.25, 0.3) is 0 Å². The van der Waals surface area contributed by atoms with Gasteiger partial charge in [0.05, 0.1) is 12.8 Å². The predicted octanol–water partition coefficient (Wildman–Crippen LogP) is 2.33. The second-order valence-electron chi connectivity index (χ2n) is 6.31. The fraction of sp³-hybridized carbons (Fsp3) is 0.316. The molecule has 2 rings (SSSR count). The number of carbonyl (C=O) groups is 1. The monoisotopic (exact) mass is 375 g/mol. The molecule has 7 heteroatoms. The van der Waals surface area contributed by atoms with Crippen LogP contribution in [0, 0.1) is 6.92 Å². The van der Waals surface area contributed by atoms with Gasteiger partial charge in [-0.1, -0.05) is 36.4 Å². The maximum atomic E-state index is 12.1. The lowest BCUT2D eigenvalue weighted by molar-refractivity contribution is -0.120. The lowest BCUT2D eigenvalue weighted by Gasteiger charge is -2.16. The molecule has 0 aliphatic heterocycles. The fourth-order valence-electron chi connectivity index (χ4n) is 2.51. The van der Waals surface area contributed by atoms with Crippen molar-refractivity contribution in [2.45, 2.75) is 26.4 Å². The van der Waals surface area contributed by atoms with Gasteiger partial charge in [-0.2, -0.15) is 0 Å². The number of hydrogen-bond donors (Lipinski definition) is 3. The van der Waals surface area contributed by atoms with Gasteiger partial charge in [-0.25, -0.2) is 8.42 Å². The summed E-state index contributed by atoms with van der Waals surface area (Å²) in [5.41, 5.74) is 3.63. The first-order valence-corrected chi connectivity index (χ1v) is 10.3.